The van der Waals surface area contributed by atoms with Gasteiger partial charge in [0, 0.05) is 27.9 Å². The van der Waals surface area contributed by atoms with Gasteiger partial charge >= 0.3 is 0 Å². The van der Waals surface area contributed by atoms with Crippen LogP contribution in [0, 0.1) is 12.8 Å². The number of thiophene rings is 1. The Morgan fingerprint density at radius 2 is 1.81 bits per heavy atom. The van der Waals surface area contributed by atoms with Crippen molar-refractivity contribution in [2.75, 3.05) is 11.9 Å². The Labute approximate surface area is 238 Å². The molecule has 1 aromatic heterocycles. The third-order valence-electron chi connectivity index (χ3n) is 6.48. The Kier molecular flexibility index (Phi) is 7.45. The molecule has 1 saturated carbocycles. The fourth-order valence-corrected chi connectivity index (χ4v) is 6.97. The number of benzene rings is 3. The fourth-order valence-electron chi connectivity index (χ4n) is 4.64. The number of alkyl halides is 2. The van der Waals surface area contributed by atoms with Gasteiger partial charge in [0.15, 0.2) is 0 Å². The first-order valence-corrected chi connectivity index (χ1v) is 14.0. The molecular formula is C28H22Cl4N2O2S. The van der Waals surface area contributed by atoms with E-state index in [2.05, 4.69) is 28.1 Å². The first-order valence-electron chi connectivity index (χ1n) is 11.6. The molecule has 2 amide bonds. The topological polar surface area (TPSA) is 58.2 Å². The summed E-state index contributed by atoms with van der Waals surface area (Å²) in [4.78, 5) is 26.0. The van der Waals surface area contributed by atoms with Crippen LogP contribution in [-0.4, -0.2) is 22.7 Å². The van der Waals surface area contributed by atoms with Gasteiger partial charge in [-0.05, 0) is 77.2 Å². The molecule has 0 spiro atoms. The number of carbonyl (C=O) groups excluding carboxylic acids is 2. The lowest BCUT2D eigenvalue weighted by Crippen LogP contribution is -2.26. The molecule has 2 unspecified atom stereocenters. The van der Waals surface area contributed by atoms with E-state index in [1.54, 1.807) is 35.6 Å². The van der Waals surface area contributed by atoms with Crippen molar-refractivity contribution in [3.8, 4) is 0 Å². The van der Waals surface area contributed by atoms with Gasteiger partial charge in [-0.2, -0.15) is 0 Å². The second-order valence-corrected chi connectivity index (χ2v) is 12.3. The molecule has 2 N–H and O–H groups in total. The molecule has 4 aromatic rings. The summed E-state index contributed by atoms with van der Waals surface area (Å²) in [5.74, 6) is -1.72. The monoisotopic (exact) mass is 590 g/mol. The molecule has 1 heterocycles. The van der Waals surface area contributed by atoms with Crippen molar-refractivity contribution >= 4 is 85.3 Å². The molecule has 3 aromatic carbocycles. The van der Waals surface area contributed by atoms with Gasteiger partial charge in [0.2, 0.25) is 5.91 Å². The van der Waals surface area contributed by atoms with Crippen molar-refractivity contribution in [1.29, 1.82) is 0 Å². The zero-order valence-corrected chi connectivity index (χ0v) is 23.5. The zero-order chi connectivity index (χ0) is 26.3. The minimum Gasteiger partial charge on any atom is -0.352 e. The Morgan fingerprint density at radius 1 is 1.03 bits per heavy atom. The van der Waals surface area contributed by atoms with Gasteiger partial charge in [0.1, 0.15) is 4.33 Å². The van der Waals surface area contributed by atoms with Crippen LogP contribution in [0.1, 0.15) is 33.0 Å². The number of hydrogen-bond donors (Lipinski definition) is 2. The third-order valence-corrected chi connectivity index (χ3v) is 8.98. The Hall–Kier alpha value is -2.28. The summed E-state index contributed by atoms with van der Waals surface area (Å²) in [5.41, 5.74) is 3.66. The van der Waals surface area contributed by atoms with E-state index in [-0.39, 0.29) is 17.4 Å². The highest BCUT2D eigenvalue weighted by Crippen LogP contribution is 2.65. The number of anilines is 1. The maximum Gasteiger partial charge on any atom is 0.252 e. The van der Waals surface area contributed by atoms with Crippen LogP contribution >= 0.6 is 57.7 Å². The van der Waals surface area contributed by atoms with Crippen LogP contribution < -0.4 is 10.6 Å². The molecule has 190 valence electrons. The summed E-state index contributed by atoms with van der Waals surface area (Å²) in [7, 11) is 0. The van der Waals surface area contributed by atoms with Crippen molar-refractivity contribution < 1.29 is 9.59 Å². The SMILES string of the molecule is Cc1cc(Cl)cc(C2C(C(=O)Nc3ccc(Cl)c(C(=O)NCCc4csc5ccccc45)c3)C2(Cl)Cl)c1. The van der Waals surface area contributed by atoms with E-state index in [1.807, 2.05) is 31.2 Å². The number of amides is 2. The summed E-state index contributed by atoms with van der Waals surface area (Å²) in [6.45, 7) is 2.37. The second kappa shape index (κ2) is 10.5. The first-order chi connectivity index (χ1) is 17.6. The van der Waals surface area contributed by atoms with Gasteiger partial charge < -0.3 is 10.6 Å². The van der Waals surface area contributed by atoms with Gasteiger partial charge in [0.25, 0.3) is 5.91 Å². The molecule has 4 nitrogen and oxygen atoms in total. The molecule has 1 aliphatic rings. The second-order valence-electron chi connectivity index (χ2n) is 9.14. The van der Waals surface area contributed by atoms with Crippen LogP contribution in [0.15, 0.2) is 66.0 Å². The third kappa shape index (κ3) is 5.47. The molecule has 9 heteroatoms. The van der Waals surface area contributed by atoms with E-state index < -0.39 is 16.2 Å². The van der Waals surface area contributed by atoms with Crippen molar-refractivity contribution in [3.63, 3.8) is 0 Å². The van der Waals surface area contributed by atoms with Crippen LogP contribution in [0.5, 0.6) is 0 Å². The first kappa shape index (κ1) is 26.3. The highest BCUT2D eigenvalue weighted by molar-refractivity contribution is 7.17. The number of aryl methyl sites for hydroxylation is 1. The quantitative estimate of drug-likeness (QED) is 0.214. The predicted octanol–water partition coefficient (Wildman–Crippen LogP) is 8.02. The molecule has 0 bridgehead atoms. The molecule has 0 saturated heterocycles. The largest absolute Gasteiger partial charge is 0.352 e. The van der Waals surface area contributed by atoms with E-state index in [1.165, 1.54) is 15.6 Å². The average molecular weight is 592 g/mol. The highest BCUT2D eigenvalue weighted by atomic mass is 35.5. The van der Waals surface area contributed by atoms with Gasteiger partial charge in [-0.15, -0.1) is 34.5 Å². The summed E-state index contributed by atoms with van der Waals surface area (Å²) >= 11 is 27.2. The Bertz CT molecular complexity index is 1500. The Balaban J connectivity index is 1.24. The number of nitrogens with one attached hydrogen (secondary N) is 2. The summed E-state index contributed by atoms with van der Waals surface area (Å²) in [5, 5.41) is 9.92. The molecule has 1 fully saturated rings. The normalized spacial score (nSPS) is 18.0. The lowest BCUT2D eigenvalue weighted by molar-refractivity contribution is -0.117. The molecule has 1 aliphatic carbocycles. The van der Waals surface area contributed by atoms with E-state index in [9.17, 15) is 9.59 Å². The van der Waals surface area contributed by atoms with E-state index in [4.69, 9.17) is 46.4 Å². The smallest absolute Gasteiger partial charge is 0.252 e. The molecule has 0 aliphatic heterocycles. The Morgan fingerprint density at radius 3 is 2.59 bits per heavy atom. The van der Waals surface area contributed by atoms with Gasteiger partial charge in [-0.3, -0.25) is 9.59 Å². The number of hydrogen-bond acceptors (Lipinski definition) is 3. The van der Waals surface area contributed by atoms with Gasteiger partial charge in [-0.25, -0.2) is 0 Å². The summed E-state index contributed by atoms with van der Waals surface area (Å²) in [6.07, 6.45) is 0.698. The van der Waals surface area contributed by atoms with Crippen LogP contribution in [0.25, 0.3) is 10.1 Å². The van der Waals surface area contributed by atoms with E-state index in [0.717, 1.165) is 11.1 Å². The van der Waals surface area contributed by atoms with Crippen molar-refractivity contribution in [2.24, 2.45) is 5.92 Å². The lowest BCUT2D eigenvalue weighted by atomic mass is 10.1. The molecule has 5 rings (SSSR count). The van der Waals surface area contributed by atoms with Crippen LogP contribution in [0.2, 0.25) is 10.0 Å². The highest BCUT2D eigenvalue weighted by Gasteiger charge is 2.67. The fraction of sp³-hybridized carbons (Fsp3) is 0.214. The summed E-state index contributed by atoms with van der Waals surface area (Å²) in [6, 6.07) is 18.5. The number of halogens is 4. The standard InChI is InChI=1S/C28H22Cl4N2O2S/c1-15-10-17(12-18(29)11-15)24-25(28(24,31)32)27(36)34-19-6-7-22(30)21(13-19)26(35)33-9-8-16-14-37-23-5-3-2-4-20(16)23/h2-7,10-14,24-25H,8-9H2,1H3,(H,33,35)(H,34,36). The number of fused-ring (bicyclic) bond motifs is 1. The number of carbonyl (C=O) groups is 2. The van der Waals surface area contributed by atoms with Gasteiger partial charge in [0.05, 0.1) is 16.5 Å². The number of rotatable bonds is 7. The minimum absolute atomic E-state index is 0.274. The van der Waals surface area contributed by atoms with Crippen LogP contribution in [0.4, 0.5) is 5.69 Å². The molecule has 37 heavy (non-hydrogen) atoms. The molecular weight excluding hydrogens is 570 g/mol. The lowest BCUT2D eigenvalue weighted by Gasteiger charge is -2.10. The average Bonchev–Trinajstić information content (AvgIpc) is 3.21. The molecule has 2 atom stereocenters. The van der Waals surface area contributed by atoms with Crippen molar-refractivity contribution in [3.05, 3.63) is 98.3 Å². The van der Waals surface area contributed by atoms with E-state index >= 15 is 0 Å². The van der Waals surface area contributed by atoms with Crippen molar-refractivity contribution in [1.82, 2.24) is 5.32 Å². The van der Waals surface area contributed by atoms with Gasteiger partial charge in [-0.1, -0.05) is 47.5 Å². The molecule has 0 radical (unpaired) electrons. The maximum absolute atomic E-state index is 13.1. The maximum atomic E-state index is 13.1. The predicted molar refractivity (Wildman–Crippen MR) is 155 cm³/mol. The zero-order valence-electron chi connectivity index (χ0n) is 19.7. The van der Waals surface area contributed by atoms with Crippen LogP contribution in [-0.2, 0) is 11.2 Å². The summed E-state index contributed by atoms with van der Waals surface area (Å²) < 4.78 is -0.0312. The van der Waals surface area contributed by atoms with E-state index in [0.29, 0.717) is 28.7 Å². The van der Waals surface area contributed by atoms with Crippen molar-refractivity contribution in [2.45, 2.75) is 23.6 Å². The minimum atomic E-state index is -1.25. The van der Waals surface area contributed by atoms with Crippen LogP contribution in [0.3, 0.4) is 0 Å².